The minimum absolute atomic E-state index is 0.589. The monoisotopic (exact) mass is 256 g/mol. The largest absolute Gasteiger partial charge is 0.383 e. The summed E-state index contributed by atoms with van der Waals surface area (Å²) >= 11 is 0. The first-order valence-corrected chi connectivity index (χ1v) is 7.70. The van der Waals surface area contributed by atoms with Gasteiger partial charge in [-0.3, -0.25) is 4.90 Å². The van der Waals surface area contributed by atoms with Crippen LogP contribution in [-0.4, -0.2) is 62.3 Å². The molecule has 3 heteroatoms. The maximum atomic E-state index is 5.26. The van der Waals surface area contributed by atoms with Crippen molar-refractivity contribution in [3.8, 4) is 0 Å². The van der Waals surface area contributed by atoms with E-state index < -0.39 is 0 Å². The Balaban J connectivity index is 0.000000771. The molecular weight excluding hydrogens is 224 g/mol. The Bertz CT molecular complexity index is 223. The Hall–Kier alpha value is -0.120. The van der Waals surface area contributed by atoms with E-state index in [9.17, 15) is 0 Å². The van der Waals surface area contributed by atoms with Crippen molar-refractivity contribution in [1.82, 2.24) is 9.80 Å². The molecule has 2 heterocycles. The average Bonchev–Trinajstić information content (AvgIpc) is 2.84. The molecule has 0 aliphatic carbocycles. The maximum Gasteiger partial charge on any atom is 0.0615 e. The molecule has 0 spiro atoms. The van der Waals surface area contributed by atoms with Crippen LogP contribution < -0.4 is 0 Å². The zero-order chi connectivity index (χ0) is 13.5. The van der Waals surface area contributed by atoms with Gasteiger partial charge in [0.2, 0.25) is 0 Å². The molecule has 3 atom stereocenters. The van der Waals surface area contributed by atoms with Crippen LogP contribution in [0.25, 0.3) is 0 Å². The van der Waals surface area contributed by atoms with E-state index in [2.05, 4.69) is 23.6 Å². The zero-order valence-electron chi connectivity index (χ0n) is 13.0. The third-order valence-electron chi connectivity index (χ3n) is 4.39. The lowest BCUT2D eigenvalue weighted by Gasteiger charge is -2.33. The van der Waals surface area contributed by atoms with E-state index in [1.807, 2.05) is 13.8 Å². The number of nitrogens with zero attached hydrogens (tertiary/aromatic N) is 2. The third kappa shape index (κ3) is 3.94. The van der Waals surface area contributed by atoms with Gasteiger partial charge >= 0.3 is 0 Å². The fraction of sp³-hybridized carbons (Fsp3) is 1.00. The second kappa shape index (κ2) is 8.13. The lowest BCUT2D eigenvalue weighted by atomic mass is 9.89. The summed E-state index contributed by atoms with van der Waals surface area (Å²) in [4.78, 5) is 5.23. The van der Waals surface area contributed by atoms with Crippen molar-refractivity contribution in [2.24, 2.45) is 11.8 Å². The molecule has 0 bridgehead atoms. The fourth-order valence-electron chi connectivity index (χ4n) is 3.27. The van der Waals surface area contributed by atoms with Crippen molar-refractivity contribution < 1.29 is 4.74 Å². The molecule has 2 fully saturated rings. The number of hydrogen-bond donors (Lipinski definition) is 0. The number of fused-ring (bicyclic) bond motifs is 1. The second-order valence-corrected chi connectivity index (χ2v) is 5.46. The number of rotatable bonds is 4. The lowest BCUT2D eigenvalue weighted by molar-refractivity contribution is 0.111. The van der Waals surface area contributed by atoms with Crippen LogP contribution in [0.1, 0.15) is 34.1 Å². The SMILES string of the molecule is CC.CCN1CCC2CN(C(C)COC)CC2C1. The number of likely N-dealkylation sites (tertiary alicyclic amines) is 2. The average molecular weight is 256 g/mol. The number of methoxy groups -OCH3 is 1. The molecule has 0 saturated carbocycles. The summed E-state index contributed by atoms with van der Waals surface area (Å²) in [5.41, 5.74) is 0. The van der Waals surface area contributed by atoms with E-state index in [-0.39, 0.29) is 0 Å². The van der Waals surface area contributed by atoms with Crippen molar-refractivity contribution in [2.75, 3.05) is 46.4 Å². The van der Waals surface area contributed by atoms with Crippen LogP contribution in [0.2, 0.25) is 0 Å². The Kier molecular flexibility index (Phi) is 7.20. The molecule has 0 aromatic rings. The predicted molar refractivity (Wildman–Crippen MR) is 78.0 cm³/mol. The topological polar surface area (TPSA) is 15.7 Å². The summed E-state index contributed by atoms with van der Waals surface area (Å²) in [7, 11) is 1.80. The predicted octanol–water partition coefficient (Wildman–Crippen LogP) is 2.32. The standard InChI is InChI=1S/C13H26N2O.C2H6/c1-4-14-6-5-12-8-15(9-13(12)7-14)11(2)10-16-3;1-2/h11-13H,4-10H2,1-3H3;1-2H3. The Morgan fingerprint density at radius 2 is 1.83 bits per heavy atom. The molecule has 0 aromatic heterocycles. The van der Waals surface area contributed by atoms with E-state index in [4.69, 9.17) is 4.74 Å². The van der Waals surface area contributed by atoms with Gasteiger partial charge in [-0.05, 0) is 38.3 Å². The highest BCUT2D eigenvalue weighted by Gasteiger charge is 2.37. The summed E-state index contributed by atoms with van der Waals surface area (Å²) < 4.78 is 5.26. The van der Waals surface area contributed by atoms with Crippen molar-refractivity contribution in [3.63, 3.8) is 0 Å². The summed E-state index contributed by atoms with van der Waals surface area (Å²) in [5.74, 6) is 1.86. The third-order valence-corrected chi connectivity index (χ3v) is 4.39. The molecule has 108 valence electrons. The first-order chi connectivity index (χ1) is 8.74. The van der Waals surface area contributed by atoms with Crippen LogP contribution in [0, 0.1) is 11.8 Å². The Morgan fingerprint density at radius 3 is 2.44 bits per heavy atom. The molecule has 2 saturated heterocycles. The van der Waals surface area contributed by atoms with Crippen molar-refractivity contribution in [2.45, 2.75) is 40.2 Å². The zero-order valence-corrected chi connectivity index (χ0v) is 13.0. The van der Waals surface area contributed by atoms with E-state index in [0.29, 0.717) is 6.04 Å². The van der Waals surface area contributed by atoms with Gasteiger partial charge in [0.1, 0.15) is 0 Å². The molecule has 3 unspecified atom stereocenters. The van der Waals surface area contributed by atoms with Gasteiger partial charge in [0.15, 0.2) is 0 Å². The molecule has 3 nitrogen and oxygen atoms in total. The van der Waals surface area contributed by atoms with E-state index >= 15 is 0 Å². The first-order valence-electron chi connectivity index (χ1n) is 7.70. The minimum Gasteiger partial charge on any atom is -0.383 e. The number of ether oxygens (including phenoxy) is 1. The van der Waals surface area contributed by atoms with Crippen LogP contribution in [0.4, 0.5) is 0 Å². The molecule has 2 aliphatic heterocycles. The highest BCUT2D eigenvalue weighted by Crippen LogP contribution is 2.31. The normalized spacial score (nSPS) is 30.5. The lowest BCUT2D eigenvalue weighted by Crippen LogP contribution is -2.39. The first kappa shape index (κ1) is 15.9. The summed E-state index contributed by atoms with van der Waals surface area (Å²) in [5, 5.41) is 0. The van der Waals surface area contributed by atoms with Gasteiger partial charge in [0, 0.05) is 32.8 Å². The fourth-order valence-corrected chi connectivity index (χ4v) is 3.27. The minimum atomic E-state index is 0.589. The Labute approximate surface area is 113 Å². The molecular formula is C15H32N2O. The second-order valence-electron chi connectivity index (χ2n) is 5.46. The van der Waals surface area contributed by atoms with Gasteiger partial charge in [-0.25, -0.2) is 0 Å². The van der Waals surface area contributed by atoms with Gasteiger partial charge in [-0.2, -0.15) is 0 Å². The van der Waals surface area contributed by atoms with Crippen LogP contribution >= 0.6 is 0 Å². The summed E-state index contributed by atoms with van der Waals surface area (Å²) in [6.07, 6.45) is 1.40. The van der Waals surface area contributed by atoms with Crippen molar-refractivity contribution >= 4 is 0 Å². The van der Waals surface area contributed by atoms with Gasteiger partial charge in [-0.15, -0.1) is 0 Å². The molecule has 0 radical (unpaired) electrons. The smallest absolute Gasteiger partial charge is 0.0615 e. The molecule has 0 N–H and O–H groups in total. The van der Waals surface area contributed by atoms with Gasteiger partial charge in [0.25, 0.3) is 0 Å². The maximum absolute atomic E-state index is 5.26. The number of hydrogen-bond acceptors (Lipinski definition) is 3. The molecule has 0 amide bonds. The van der Waals surface area contributed by atoms with E-state index in [1.165, 1.54) is 39.1 Å². The molecule has 2 rings (SSSR count). The molecule has 0 aromatic carbocycles. The van der Waals surface area contributed by atoms with Gasteiger partial charge in [0.05, 0.1) is 6.61 Å². The summed E-state index contributed by atoms with van der Waals surface area (Å²) in [6.45, 7) is 15.9. The quantitative estimate of drug-likeness (QED) is 0.768. The van der Waals surface area contributed by atoms with E-state index in [0.717, 1.165) is 18.4 Å². The van der Waals surface area contributed by atoms with E-state index in [1.54, 1.807) is 7.11 Å². The summed E-state index contributed by atoms with van der Waals surface area (Å²) in [6, 6.07) is 0.589. The molecule has 18 heavy (non-hydrogen) atoms. The van der Waals surface area contributed by atoms with Crippen LogP contribution in [0.3, 0.4) is 0 Å². The Morgan fingerprint density at radius 1 is 1.17 bits per heavy atom. The van der Waals surface area contributed by atoms with Gasteiger partial charge in [-0.1, -0.05) is 20.8 Å². The highest BCUT2D eigenvalue weighted by atomic mass is 16.5. The van der Waals surface area contributed by atoms with Gasteiger partial charge < -0.3 is 9.64 Å². The number of piperidine rings is 1. The van der Waals surface area contributed by atoms with Crippen LogP contribution in [-0.2, 0) is 4.74 Å². The molecule has 2 aliphatic rings. The van der Waals surface area contributed by atoms with Crippen LogP contribution in [0.5, 0.6) is 0 Å². The van der Waals surface area contributed by atoms with Crippen LogP contribution in [0.15, 0.2) is 0 Å². The van der Waals surface area contributed by atoms with Crippen molar-refractivity contribution in [1.29, 1.82) is 0 Å². The van der Waals surface area contributed by atoms with Crippen molar-refractivity contribution in [3.05, 3.63) is 0 Å². The highest BCUT2D eigenvalue weighted by molar-refractivity contribution is 4.91.